The minimum Gasteiger partial charge on any atom is -0.192 e. The van der Waals surface area contributed by atoms with Crippen molar-refractivity contribution in [2.45, 2.75) is 89.9 Å². The van der Waals surface area contributed by atoms with Crippen LogP contribution in [0.15, 0.2) is 24.3 Å². The molecule has 0 spiro atoms. The van der Waals surface area contributed by atoms with Gasteiger partial charge in [0.15, 0.2) is 0 Å². The predicted molar refractivity (Wildman–Crippen MR) is 105 cm³/mol. The third-order valence-corrected chi connectivity index (χ3v) is 7.06. The van der Waals surface area contributed by atoms with E-state index in [0.717, 1.165) is 29.2 Å². The van der Waals surface area contributed by atoms with Crippen molar-refractivity contribution in [1.29, 1.82) is 5.26 Å². The lowest BCUT2D eigenvalue weighted by Gasteiger charge is -2.38. The lowest BCUT2D eigenvalue weighted by molar-refractivity contribution is 0.155. The van der Waals surface area contributed by atoms with Crippen molar-refractivity contribution in [1.82, 2.24) is 0 Å². The average Bonchev–Trinajstić information content (AvgIpc) is 2.69. The number of nitrogens with zero attached hydrogens (tertiary/aromatic N) is 1. The second kappa shape index (κ2) is 9.42. The van der Waals surface area contributed by atoms with E-state index in [0.29, 0.717) is 0 Å². The molecule has 0 amide bonds. The summed E-state index contributed by atoms with van der Waals surface area (Å²) in [5, 5.41) is 8.95. The lowest BCUT2D eigenvalue weighted by Crippen LogP contribution is -2.25. The van der Waals surface area contributed by atoms with Gasteiger partial charge in [-0.25, -0.2) is 0 Å². The minimum atomic E-state index is 0.731. The molecule has 25 heavy (non-hydrogen) atoms. The monoisotopic (exact) mass is 337 g/mol. The van der Waals surface area contributed by atoms with Crippen LogP contribution in [0.25, 0.3) is 0 Å². The van der Waals surface area contributed by atoms with Gasteiger partial charge in [-0.2, -0.15) is 5.26 Å². The van der Waals surface area contributed by atoms with E-state index in [1.165, 1.54) is 82.6 Å². The van der Waals surface area contributed by atoms with Crippen LogP contribution in [0, 0.1) is 29.1 Å². The largest absolute Gasteiger partial charge is 0.192 e. The van der Waals surface area contributed by atoms with E-state index >= 15 is 0 Å². The molecule has 0 aliphatic heterocycles. The molecule has 2 aliphatic rings. The topological polar surface area (TPSA) is 23.8 Å². The Morgan fingerprint density at radius 1 is 0.840 bits per heavy atom. The van der Waals surface area contributed by atoms with Gasteiger partial charge in [-0.1, -0.05) is 57.6 Å². The van der Waals surface area contributed by atoms with Gasteiger partial charge in [-0.15, -0.1) is 0 Å². The predicted octanol–water partition coefficient (Wildman–Crippen LogP) is 7.22. The fraction of sp³-hybridized carbons (Fsp3) is 0.708. The summed E-state index contributed by atoms with van der Waals surface area (Å²) in [4.78, 5) is 0. The first kappa shape index (κ1) is 18.5. The highest BCUT2D eigenvalue weighted by Crippen LogP contribution is 2.44. The Kier molecular flexibility index (Phi) is 6.97. The summed E-state index contributed by atoms with van der Waals surface area (Å²) < 4.78 is 0. The molecule has 0 saturated heterocycles. The van der Waals surface area contributed by atoms with Gasteiger partial charge in [-0.05, 0) is 79.9 Å². The molecule has 0 unspecified atom stereocenters. The Bertz CT molecular complexity index is 536. The van der Waals surface area contributed by atoms with Crippen LogP contribution < -0.4 is 0 Å². The Labute approximate surface area is 154 Å². The van der Waals surface area contributed by atoms with Gasteiger partial charge in [0, 0.05) is 0 Å². The Morgan fingerprint density at radius 3 is 2.00 bits per heavy atom. The molecule has 1 heteroatoms. The maximum atomic E-state index is 8.95. The van der Waals surface area contributed by atoms with E-state index in [-0.39, 0.29) is 0 Å². The van der Waals surface area contributed by atoms with E-state index in [2.05, 4.69) is 25.1 Å². The van der Waals surface area contributed by atoms with Crippen molar-refractivity contribution < 1.29 is 0 Å². The Balaban J connectivity index is 1.41. The molecular weight excluding hydrogens is 302 g/mol. The number of benzene rings is 1. The molecule has 1 aromatic carbocycles. The zero-order valence-electron chi connectivity index (χ0n) is 16.1. The first-order valence-electron chi connectivity index (χ1n) is 10.8. The SMILES string of the molecule is CCCCC[C@H]1CC[C@H]([C@H]2CC[C@H](c3ccc(C#N)cc3)CC2)CC1. The third kappa shape index (κ3) is 5.10. The summed E-state index contributed by atoms with van der Waals surface area (Å²) in [7, 11) is 0. The molecule has 2 saturated carbocycles. The Hall–Kier alpha value is -1.29. The summed E-state index contributed by atoms with van der Waals surface area (Å²) in [6.07, 6.45) is 17.3. The van der Waals surface area contributed by atoms with Gasteiger partial charge < -0.3 is 0 Å². The zero-order valence-corrected chi connectivity index (χ0v) is 16.1. The molecule has 3 rings (SSSR count). The quantitative estimate of drug-likeness (QED) is 0.503. The molecule has 0 heterocycles. The minimum absolute atomic E-state index is 0.731. The molecule has 2 aliphatic carbocycles. The van der Waals surface area contributed by atoms with Crippen molar-refractivity contribution >= 4 is 0 Å². The van der Waals surface area contributed by atoms with Gasteiger partial charge in [0.05, 0.1) is 11.6 Å². The molecule has 0 N–H and O–H groups in total. The van der Waals surface area contributed by atoms with Gasteiger partial charge in [-0.3, -0.25) is 0 Å². The van der Waals surface area contributed by atoms with Crippen molar-refractivity contribution in [2.24, 2.45) is 17.8 Å². The third-order valence-electron chi connectivity index (χ3n) is 7.06. The average molecular weight is 338 g/mol. The summed E-state index contributed by atoms with van der Waals surface area (Å²) in [5.74, 6) is 3.78. The van der Waals surface area contributed by atoms with E-state index in [1.54, 1.807) is 0 Å². The number of hydrogen-bond acceptors (Lipinski definition) is 1. The van der Waals surface area contributed by atoms with Crippen LogP contribution in [-0.4, -0.2) is 0 Å². The van der Waals surface area contributed by atoms with Crippen molar-refractivity contribution in [3.05, 3.63) is 35.4 Å². The summed E-state index contributed by atoms with van der Waals surface area (Å²) in [5.41, 5.74) is 2.24. The van der Waals surface area contributed by atoms with Crippen LogP contribution in [0.1, 0.15) is 101 Å². The number of nitriles is 1. The van der Waals surface area contributed by atoms with Gasteiger partial charge in [0.1, 0.15) is 0 Å². The van der Waals surface area contributed by atoms with E-state index < -0.39 is 0 Å². The zero-order chi connectivity index (χ0) is 17.5. The molecule has 0 atom stereocenters. The molecular formula is C24H35N. The second-order valence-electron chi connectivity index (χ2n) is 8.62. The van der Waals surface area contributed by atoms with Crippen molar-refractivity contribution in [3.8, 4) is 6.07 Å². The number of rotatable bonds is 6. The maximum absolute atomic E-state index is 8.95. The molecule has 136 valence electrons. The van der Waals surface area contributed by atoms with Gasteiger partial charge >= 0.3 is 0 Å². The molecule has 0 aromatic heterocycles. The first-order chi connectivity index (χ1) is 12.3. The lowest BCUT2D eigenvalue weighted by atomic mass is 9.68. The van der Waals surface area contributed by atoms with Gasteiger partial charge in [0.2, 0.25) is 0 Å². The van der Waals surface area contributed by atoms with E-state index in [1.807, 2.05) is 12.1 Å². The van der Waals surface area contributed by atoms with E-state index in [9.17, 15) is 0 Å². The van der Waals surface area contributed by atoms with Crippen LogP contribution in [0.3, 0.4) is 0 Å². The van der Waals surface area contributed by atoms with Crippen LogP contribution in [-0.2, 0) is 0 Å². The maximum Gasteiger partial charge on any atom is 0.0991 e. The van der Waals surface area contributed by atoms with Crippen molar-refractivity contribution in [3.63, 3.8) is 0 Å². The number of hydrogen-bond donors (Lipinski definition) is 0. The molecule has 0 radical (unpaired) electrons. The number of unbranched alkanes of at least 4 members (excludes halogenated alkanes) is 2. The molecule has 1 nitrogen and oxygen atoms in total. The van der Waals surface area contributed by atoms with E-state index in [4.69, 9.17) is 5.26 Å². The fourth-order valence-electron chi connectivity index (χ4n) is 5.39. The molecule has 2 fully saturated rings. The van der Waals surface area contributed by atoms with Crippen LogP contribution in [0.4, 0.5) is 0 Å². The highest BCUT2D eigenvalue weighted by atomic mass is 14.4. The smallest absolute Gasteiger partial charge is 0.0991 e. The second-order valence-corrected chi connectivity index (χ2v) is 8.62. The molecule has 0 bridgehead atoms. The summed E-state index contributed by atoms with van der Waals surface area (Å²) in [6.45, 7) is 2.31. The Morgan fingerprint density at radius 2 is 1.44 bits per heavy atom. The van der Waals surface area contributed by atoms with Crippen LogP contribution in [0.2, 0.25) is 0 Å². The fourth-order valence-corrected chi connectivity index (χ4v) is 5.39. The first-order valence-corrected chi connectivity index (χ1v) is 10.8. The summed E-state index contributed by atoms with van der Waals surface area (Å²) >= 11 is 0. The highest BCUT2D eigenvalue weighted by molar-refractivity contribution is 5.33. The van der Waals surface area contributed by atoms with Crippen LogP contribution in [0.5, 0.6) is 0 Å². The highest BCUT2D eigenvalue weighted by Gasteiger charge is 2.31. The summed E-state index contributed by atoms with van der Waals surface area (Å²) in [6, 6.07) is 10.6. The van der Waals surface area contributed by atoms with Gasteiger partial charge in [0.25, 0.3) is 0 Å². The normalized spacial score (nSPS) is 29.9. The molecule has 1 aromatic rings. The van der Waals surface area contributed by atoms with Crippen molar-refractivity contribution in [2.75, 3.05) is 0 Å². The standard InChI is InChI=1S/C24H35N/c1-2-3-4-5-19-6-10-21(11-7-19)23-14-16-24(17-15-23)22-12-8-20(18-25)9-13-22/h8-9,12-13,19,21,23-24H,2-7,10-11,14-17H2,1H3/t19-,21-,23-,24-. The van der Waals surface area contributed by atoms with Crippen LogP contribution >= 0.6 is 0 Å².